The number of hydrogen-bond donors (Lipinski definition) is 1. The fourth-order valence-electron chi connectivity index (χ4n) is 2.11. The molecule has 0 atom stereocenters. The maximum Gasteiger partial charge on any atom is 0.346 e. The summed E-state index contributed by atoms with van der Waals surface area (Å²) in [5.41, 5.74) is 2.26. The van der Waals surface area contributed by atoms with Gasteiger partial charge in [-0.05, 0) is 11.6 Å². The standard InChI is InChI=1S/C18H14N2O2S/c21-16(14-9-5-2-6-10-14)12-23-17-15(19-18(22)20-17)11-13-7-3-1-4-8-13/h1-11H,12H2,(H,19,22). The molecule has 1 aliphatic heterocycles. The minimum absolute atomic E-state index is 0.0108. The first-order valence-corrected chi connectivity index (χ1v) is 8.09. The Hall–Kier alpha value is -2.66. The molecule has 114 valence electrons. The van der Waals surface area contributed by atoms with Crippen LogP contribution in [-0.4, -0.2) is 22.6 Å². The van der Waals surface area contributed by atoms with Gasteiger partial charge in [-0.1, -0.05) is 72.4 Å². The molecule has 1 aliphatic rings. The SMILES string of the molecule is O=C1N=C(SCC(=O)c2ccccc2)C(=Cc2ccccc2)N1. The van der Waals surface area contributed by atoms with E-state index in [1.807, 2.05) is 54.6 Å². The van der Waals surface area contributed by atoms with E-state index in [1.165, 1.54) is 11.8 Å². The molecule has 4 nitrogen and oxygen atoms in total. The van der Waals surface area contributed by atoms with Gasteiger partial charge in [0, 0.05) is 5.56 Å². The van der Waals surface area contributed by atoms with Crippen LogP contribution in [0.25, 0.3) is 6.08 Å². The number of ketones is 1. The van der Waals surface area contributed by atoms with E-state index in [0.29, 0.717) is 16.3 Å². The Morgan fingerprint density at radius 2 is 1.70 bits per heavy atom. The minimum Gasteiger partial charge on any atom is -0.303 e. The van der Waals surface area contributed by atoms with Gasteiger partial charge in [0.25, 0.3) is 0 Å². The van der Waals surface area contributed by atoms with Gasteiger partial charge in [-0.3, -0.25) is 4.79 Å². The molecule has 0 unspecified atom stereocenters. The normalized spacial score (nSPS) is 15.4. The molecule has 0 fully saturated rings. The monoisotopic (exact) mass is 322 g/mol. The Balaban J connectivity index is 1.71. The highest BCUT2D eigenvalue weighted by Crippen LogP contribution is 2.20. The third-order valence-corrected chi connectivity index (χ3v) is 4.21. The molecule has 0 aliphatic carbocycles. The molecule has 5 heteroatoms. The van der Waals surface area contributed by atoms with Crippen LogP contribution in [-0.2, 0) is 0 Å². The third kappa shape index (κ3) is 3.96. The smallest absolute Gasteiger partial charge is 0.303 e. The predicted octanol–water partition coefficient (Wildman–Crippen LogP) is 3.77. The van der Waals surface area contributed by atoms with E-state index in [1.54, 1.807) is 12.1 Å². The van der Waals surface area contributed by atoms with Gasteiger partial charge in [-0.2, -0.15) is 4.99 Å². The lowest BCUT2D eigenvalue weighted by atomic mass is 10.2. The number of amides is 2. The van der Waals surface area contributed by atoms with Gasteiger partial charge in [0.2, 0.25) is 0 Å². The van der Waals surface area contributed by atoms with Crippen LogP contribution < -0.4 is 5.32 Å². The van der Waals surface area contributed by atoms with E-state index in [2.05, 4.69) is 10.3 Å². The second kappa shape index (κ2) is 7.07. The average molecular weight is 322 g/mol. The third-order valence-electron chi connectivity index (χ3n) is 3.22. The van der Waals surface area contributed by atoms with Gasteiger partial charge in [0.1, 0.15) is 5.04 Å². The number of benzene rings is 2. The Morgan fingerprint density at radius 3 is 2.39 bits per heavy atom. The van der Waals surface area contributed by atoms with Gasteiger partial charge in [-0.15, -0.1) is 0 Å². The number of thioether (sulfide) groups is 1. The molecule has 2 aromatic carbocycles. The lowest BCUT2D eigenvalue weighted by Crippen LogP contribution is -2.14. The molecule has 0 bridgehead atoms. The van der Waals surface area contributed by atoms with Crippen molar-refractivity contribution in [3.8, 4) is 0 Å². The van der Waals surface area contributed by atoms with Gasteiger partial charge < -0.3 is 5.32 Å². The second-order valence-electron chi connectivity index (χ2n) is 4.89. The van der Waals surface area contributed by atoms with Crippen LogP contribution in [0.3, 0.4) is 0 Å². The van der Waals surface area contributed by atoms with Crippen LogP contribution in [0.4, 0.5) is 4.79 Å². The lowest BCUT2D eigenvalue weighted by molar-refractivity contribution is 0.102. The van der Waals surface area contributed by atoms with Crippen LogP contribution in [0.1, 0.15) is 15.9 Å². The van der Waals surface area contributed by atoms with Crippen molar-refractivity contribution in [3.63, 3.8) is 0 Å². The highest BCUT2D eigenvalue weighted by atomic mass is 32.2. The van der Waals surface area contributed by atoms with E-state index in [4.69, 9.17) is 0 Å². The van der Waals surface area contributed by atoms with E-state index in [9.17, 15) is 9.59 Å². The number of carbonyl (C=O) groups is 2. The van der Waals surface area contributed by atoms with Gasteiger partial charge in [0.05, 0.1) is 11.4 Å². The fourth-order valence-corrected chi connectivity index (χ4v) is 2.96. The number of Topliss-reactive ketones (excluding diaryl/α,β-unsaturated/α-hetero) is 1. The van der Waals surface area contributed by atoms with Crippen molar-refractivity contribution in [1.29, 1.82) is 0 Å². The maximum absolute atomic E-state index is 12.1. The molecule has 2 amide bonds. The van der Waals surface area contributed by atoms with E-state index < -0.39 is 6.03 Å². The largest absolute Gasteiger partial charge is 0.346 e. The van der Waals surface area contributed by atoms with Crippen LogP contribution in [0.5, 0.6) is 0 Å². The van der Waals surface area contributed by atoms with E-state index >= 15 is 0 Å². The van der Waals surface area contributed by atoms with E-state index in [0.717, 1.165) is 5.56 Å². The van der Waals surface area contributed by atoms with Crippen molar-refractivity contribution in [1.82, 2.24) is 5.32 Å². The summed E-state index contributed by atoms with van der Waals surface area (Å²) in [5, 5.41) is 3.25. The van der Waals surface area contributed by atoms with Crippen molar-refractivity contribution in [3.05, 3.63) is 77.5 Å². The van der Waals surface area contributed by atoms with Crippen LogP contribution in [0, 0.1) is 0 Å². The molecular formula is C18H14N2O2S. The summed E-state index contributed by atoms with van der Waals surface area (Å²) in [6.45, 7) is 0. The fraction of sp³-hybridized carbons (Fsp3) is 0.0556. The minimum atomic E-state index is -0.401. The molecule has 1 heterocycles. The summed E-state index contributed by atoms with van der Waals surface area (Å²) in [7, 11) is 0. The summed E-state index contributed by atoms with van der Waals surface area (Å²) in [6, 6.07) is 18.3. The van der Waals surface area contributed by atoms with Crippen LogP contribution in [0.2, 0.25) is 0 Å². The topological polar surface area (TPSA) is 58.5 Å². The Labute approximate surface area is 138 Å². The number of nitrogens with zero attached hydrogens (tertiary/aromatic N) is 1. The first kappa shape index (κ1) is 15.2. The Morgan fingerprint density at radius 1 is 1.04 bits per heavy atom. The zero-order chi connectivity index (χ0) is 16.1. The summed E-state index contributed by atoms with van der Waals surface area (Å²) in [4.78, 5) is 27.6. The maximum atomic E-state index is 12.1. The predicted molar refractivity (Wildman–Crippen MR) is 93.6 cm³/mol. The van der Waals surface area contributed by atoms with Gasteiger partial charge in [-0.25, -0.2) is 4.79 Å². The first-order valence-electron chi connectivity index (χ1n) is 7.10. The second-order valence-corrected chi connectivity index (χ2v) is 5.86. The summed E-state index contributed by atoms with van der Waals surface area (Å²) in [5.74, 6) is 0.251. The summed E-state index contributed by atoms with van der Waals surface area (Å²) >= 11 is 1.27. The van der Waals surface area contributed by atoms with Crippen molar-refractivity contribution >= 4 is 34.7 Å². The molecule has 0 saturated carbocycles. The summed E-state index contributed by atoms with van der Waals surface area (Å²) < 4.78 is 0. The molecule has 3 rings (SSSR count). The van der Waals surface area contributed by atoms with Crippen molar-refractivity contribution in [2.24, 2.45) is 4.99 Å². The number of rotatable bonds is 4. The van der Waals surface area contributed by atoms with Gasteiger partial charge >= 0.3 is 6.03 Å². The lowest BCUT2D eigenvalue weighted by Gasteiger charge is -2.04. The van der Waals surface area contributed by atoms with Crippen LogP contribution >= 0.6 is 11.8 Å². The molecule has 1 N–H and O–H groups in total. The number of aliphatic imine (C=N–C) groups is 1. The molecule has 0 aromatic heterocycles. The number of nitrogens with one attached hydrogen (secondary N) is 1. The molecule has 2 aromatic rings. The molecule has 0 saturated heterocycles. The van der Waals surface area contributed by atoms with E-state index in [-0.39, 0.29) is 11.5 Å². The van der Waals surface area contributed by atoms with Crippen molar-refractivity contribution in [2.75, 3.05) is 5.75 Å². The summed E-state index contributed by atoms with van der Waals surface area (Å²) in [6.07, 6.45) is 1.85. The Kier molecular flexibility index (Phi) is 4.68. The molecular weight excluding hydrogens is 308 g/mol. The average Bonchev–Trinajstić information content (AvgIpc) is 2.94. The van der Waals surface area contributed by atoms with Crippen LogP contribution in [0.15, 0.2) is 71.4 Å². The molecule has 0 spiro atoms. The number of hydrogen-bond acceptors (Lipinski definition) is 3. The molecule has 0 radical (unpaired) electrons. The van der Waals surface area contributed by atoms with Crippen molar-refractivity contribution in [2.45, 2.75) is 0 Å². The van der Waals surface area contributed by atoms with Gasteiger partial charge in [0.15, 0.2) is 5.78 Å². The highest BCUT2D eigenvalue weighted by molar-refractivity contribution is 8.15. The molecule has 23 heavy (non-hydrogen) atoms. The number of carbonyl (C=O) groups excluding carboxylic acids is 2. The zero-order valence-electron chi connectivity index (χ0n) is 12.2. The zero-order valence-corrected chi connectivity index (χ0v) is 13.0. The first-order chi connectivity index (χ1) is 11.2. The van der Waals surface area contributed by atoms with Crippen molar-refractivity contribution < 1.29 is 9.59 Å². The number of urea groups is 1. The quantitative estimate of drug-likeness (QED) is 0.872. The highest BCUT2D eigenvalue weighted by Gasteiger charge is 2.21. The Bertz CT molecular complexity index is 783.